The Morgan fingerprint density at radius 3 is 2.68 bits per heavy atom. The first-order valence-electron chi connectivity index (χ1n) is 9.93. The van der Waals surface area contributed by atoms with Gasteiger partial charge >= 0.3 is 0 Å². The van der Waals surface area contributed by atoms with Crippen LogP contribution in [-0.4, -0.2) is 5.16 Å². The second kappa shape index (κ2) is 8.65. The zero-order chi connectivity index (χ0) is 19.3. The fraction of sp³-hybridized carbons (Fsp3) is 0.320. The third-order valence-electron chi connectivity index (χ3n) is 5.68. The Balaban J connectivity index is 1.49. The van der Waals surface area contributed by atoms with Gasteiger partial charge in [-0.25, -0.2) is 4.39 Å². The van der Waals surface area contributed by atoms with Crippen LogP contribution in [0.25, 0.3) is 6.08 Å². The van der Waals surface area contributed by atoms with Crippen LogP contribution in [0.3, 0.4) is 0 Å². The number of isothiocyanates is 1. The standard InChI is InChI=1S/C25H22FNS/c26-24-16-20(9-12-25(24)27-17-28)6-5-19-7-10-23-15-21(8-11-22(23)14-19)13-18-3-1-2-4-18/h8-9,11-12,14-16,18H,1-4,7,10,13H2. The first-order valence-corrected chi connectivity index (χ1v) is 10.3. The van der Waals surface area contributed by atoms with Gasteiger partial charge in [0, 0.05) is 11.1 Å². The van der Waals surface area contributed by atoms with E-state index < -0.39 is 5.82 Å². The van der Waals surface area contributed by atoms with E-state index in [-0.39, 0.29) is 5.69 Å². The number of hydrogen-bond donors (Lipinski definition) is 0. The van der Waals surface area contributed by atoms with Crippen molar-refractivity contribution in [2.75, 3.05) is 0 Å². The molecule has 2 aromatic rings. The van der Waals surface area contributed by atoms with Gasteiger partial charge in [-0.3, -0.25) is 0 Å². The SMILES string of the molecule is Fc1cc(C#CC2=Cc3ccc(CC4CCCC4)cc3CC2)ccc1N=C=S. The van der Waals surface area contributed by atoms with Gasteiger partial charge in [-0.1, -0.05) is 55.7 Å². The summed E-state index contributed by atoms with van der Waals surface area (Å²) in [5, 5.41) is 2.18. The molecule has 0 aliphatic heterocycles. The van der Waals surface area contributed by atoms with Crippen molar-refractivity contribution in [1.82, 2.24) is 0 Å². The number of aliphatic imine (C=N–C) groups is 1. The molecule has 3 heteroatoms. The Morgan fingerprint density at radius 2 is 1.89 bits per heavy atom. The Labute approximate surface area is 171 Å². The quantitative estimate of drug-likeness (QED) is 0.325. The molecule has 0 spiro atoms. The molecule has 2 aromatic carbocycles. The maximum atomic E-state index is 13.9. The fourth-order valence-electron chi connectivity index (χ4n) is 4.20. The number of halogens is 1. The maximum absolute atomic E-state index is 13.9. The highest BCUT2D eigenvalue weighted by molar-refractivity contribution is 7.78. The van der Waals surface area contributed by atoms with Gasteiger partial charge in [-0.2, -0.15) is 4.99 Å². The second-order valence-corrected chi connectivity index (χ2v) is 7.86. The van der Waals surface area contributed by atoms with Crippen LogP contribution in [0.5, 0.6) is 0 Å². The minimum absolute atomic E-state index is 0.194. The number of fused-ring (bicyclic) bond motifs is 1. The van der Waals surface area contributed by atoms with E-state index in [1.165, 1.54) is 54.9 Å². The molecule has 0 atom stereocenters. The summed E-state index contributed by atoms with van der Waals surface area (Å²) in [6.45, 7) is 0. The topological polar surface area (TPSA) is 12.4 Å². The van der Waals surface area contributed by atoms with Crippen LogP contribution in [0.15, 0.2) is 47.0 Å². The summed E-state index contributed by atoms with van der Waals surface area (Å²) < 4.78 is 13.9. The minimum Gasteiger partial charge on any atom is -0.205 e. The molecule has 0 amide bonds. The van der Waals surface area contributed by atoms with Crippen LogP contribution in [0, 0.1) is 23.6 Å². The van der Waals surface area contributed by atoms with Crippen molar-refractivity contribution >= 4 is 29.1 Å². The van der Waals surface area contributed by atoms with E-state index in [2.05, 4.69) is 58.5 Å². The molecule has 0 bridgehead atoms. The summed E-state index contributed by atoms with van der Waals surface area (Å²) in [6.07, 6.45) is 10.9. The number of allylic oxidation sites excluding steroid dienone is 1. The van der Waals surface area contributed by atoms with Gasteiger partial charge in [0.15, 0.2) is 5.82 Å². The molecule has 0 unspecified atom stereocenters. The van der Waals surface area contributed by atoms with E-state index in [9.17, 15) is 4.39 Å². The Kier molecular flexibility index (Phi) is 5.81. The average Bonchev–Trinajstić information content (AvgIpc) is 3.21. The molecule has 0 aromatic heterocycles. The lowest BCUT2D eigenvalue weighted by molar-refractivity contribution is 0.546. The van der Waals surface area contributed by atoms with E-state index in [1.807, 2.05) is 0 Å². The number of nitrogens with zero attached hydrogens (tertiary/aromatic N) is 1. The van der Waals surface area contributed by atoms with Gasteiger partial charge < -0.3 is 0 Å². The monoisotopic (exact) mass is 387 g/mol. The first-order chi connectivity index (χ1) is 13.7. The highest BCUT2D eigenvalue weighted by Gasteiger charge is 2.16. The van der Waals surface area contributed by atoms with Crippen molar-refractivity contribution in [3.05, 3.63) is 70.0 Å². The summed E-state index contributed by atoms with van der Waals surface area (Å²) in [4.78, 5) is 3.69. The molecule has 0 heterocycles. The van der Waals surface area contributed by atoms with Gasteiger partial charge in [0.1, 0.15) is 5.69 Å². The maximum Gasteiger partial charge on any atom is 0.150 e. The zero-order valence-electron chi connectivity index (χ0n) is 15.8. The molecular weight excluding hydrogens is 365 g/mol. The molecule has 1 nitrogen and oxygen atoms in total. The van der Waals surface area contributed by atoms with Gasteiger partial charge in [0.2, 0.25) is 0 Å². The van der Waals surface area contributed by atoms with Crippen molar-refractivity contribution in [2.24, 2.45) is 10.9 Å². The molecule has 140 valence electrons. The van der Waals surface area contributed by atoms with Gasteiger partial charge in [0.05, 0.1) is 5.16 Å². The van der Waals surface area contributed by atoms with Gasteiger partial charge in [-0.15, -0.1) is 0 Å². The molecule has 0 N–H and O–H groups in total. The number of hydrogen-bond acceptors (Lipinski definition) is 2. The predicted octanol–water partition coefficient (Wildman–Crippen LogP) is 6.67. The molecule has 0 saturated heterocycles. The molecule has 0 radical (unpaired) electrons. The highest BCUT2D eigenvalue weighted by atomic mass is 32.1. The Morgan fingerprint density at radius 1 is 1.04 bits per heavy atom. The highest BCUT2D eigenvalue weighted by Crippen LogP contribution is 2.30. The number of rotatable bonds is 3. The van der Waals surface area contributed by atoms with Gasteiger partial charge in [-0.05, 0) is 78.4 Å². The van der Waals surface area contributed by atoms with Crippen LogP contribution < -0.4 is 0 Å². The summed E-state index contributed by atoms with van der Waals surface area (Å²) >= 11 is 4.52. The number of benzene rings is 2. The minimum atomic E-state index is -0.429. The fourth-order valence-corrected chi connectivity index (χ4v) is 4.29. The van der Waals surface area contributed by atoms with Crippen molar-refractivity contribution in [2.45, 2.75) is 44.9 Å². The van der Waals surface area contributed by atoms with Crippen LogP contribution in [0.1, 0.15) is 54.4 Å². The Bertz CT molecular complexity index is 1030. The summed E-state index contributed by atoms with van der Waals surface area (Å²) in [6, 6.07) is 11.6. The average molecular weight is 388 g/mol. The molecule has 28 heavy (non-hydrogen) atoms. The second-order valence-electron chi connectivity index (χ2n) is 7.68. The third kappa shape index (κ3) is 4.47. The van der Waals surface area contributed by atoms with Crippen LogP contribution >= 0.6 is 12.2 Å². The smallest absolute Gasteiger partial charge is 0.150 e. The zero-order valence-corrected chi connectivity index (χ0v) is 16.6. The summed E-state index contributed by atoms with van der Waals surface area (Å²) in [7, 11) is 0. The van der Waals surface area contributed by atoms with Crippen molar-refractivity contribution < 1.29 is 4.39 Å². The molecule has 1 saturated carbocycles. The van der Waals surface area contributed by atoms with E-state index in [1.54, 1.807) is 12.1 Å². The molecule has 2 aliphatic rings. The molecule has 2 aliphatic carbocycles. The lowest BCUT2D eigenvalue weighted by atomic mass is 9.89. The van der Waals surface area contributed by atoms with Crippen LogP contribution in [-0.2, 0) is 12.8 Å². The molecular formula is C25H22FNS. The van der Waals surface area contributed by atoms with Crippen molar-refractivity contribution in [3.63, 3.8) is 0 Å². The summed E-state index contributed by atoms with van der Waals surface area (Å²) in [5.74, 6) is 6.72. The summed E-state index contributed by atoms with van der Waals surface area (Å²) in [5.41, 5.74) is 6.09. The Hall–Kier alpha value is -2.53. The van der Waals surface area contributed by atoms with Crippen LogP contribution in [0.4, 0.5) is 10.1 Å². The lowest BCUT2D eigenvalue weighted by Crippen LogP contribution is -2.03. The third-order valence-corrected chi connectivity index (χ3v) is 5.77. The van der Waals surface area contributed by atoms with Gasteiger partial charge in [0.25, 0.3) is 0 Å². The normalized spacial score (nSPS) is 15.8. The molecule has 1 fully saturated rings. The lowest BCUT2D eigenvalue weighted by Gasteiger charge is -2.16. The van der Waals surface area contributed by atoms with E-state index in [0.717, 1.165) is 24.3 Å². The van der Waals surface area contributed by atoms with Crippen molar-refractivity contribution in [1.29, 1.82) is 0 Å². The number of thiocarbonyl (C=S) groups is 1. The number of aryl methyl sites for hydroxylation is 1. The van der Waals surface area contributed by atoms with Crippen molar-refractivity contribution in [3.8, 4) is 11.8 Å². The molecule has 4 rings (SSSR count). The largest absolute Gasteiger partial charge is 0.205 e. The van der Waals surface area contributed by atoms with E-state index in [0.29, 0.717) is 5.56 Å². The van der Waals surface area contributed by atoms with E-state index in [4.69, 9.17) is 0 Å². The van der Waals surface area contributed by atoms with E-state index >= 15 is 0 Å². The van der Waals surface area contributed by atoms with Crippen LogP contribution in [0.2, 0.25) is 0 Å². The predicted molar refractivity (Wildman–Crippen MR) is 116 cm³/mol. The first kappa shape index (κ1) is 18.8.